The standard InChI is InChI=1S/C8H7ClO3/c9-7(8(10)11)12-6-4-2-1-3-5-6/h1-5,7H,(H,10,11)/p-1. The maximum atomic E-state index is 10.1. The molecule has 12 heavy (non-hydrogen) atoms. The molecule has 0 aromatic heterocycles. The lowest BCUT2D eigenvalue weighted by molar-refractivity contribution is -0.309. The van der Waals surface area contributed by atoms with E-state index in [1.807, 2.05) is 0 Å². The van der Waals surface area contributed by atoms with E-state index in [0.29, 0.717) is 5.75 Å². The van der Waals surface area contributed by atoms with Gasteiger partial charge in [0, 0.05) is 0 Å². The lowest BCUT2D eigenvalue weighted by atomic mass is 10.3. The van der Waals surface area contributed by atoms with Crippen LogP contribution in [0.15, 0.2) is 30.3 Å². The van der Waals surface area contributed by atoms with Crippen molar-refractivity contribution in [3.8, 4) is 5.75 Å². The molecule has 1 atom stereocenters. The van der Waals surface area contributed by atoms with Gasteiger partial charge in [0.1, 0.15) is 5.75 Å². The Morgan fingerprint density at radius 2 is 2.00 bits per heavy atom. The predicted molar refractivity (Wildman–Crippen MR) is 41.7 cm³/mol. The summed E-state index contributed by atoms with van der Waals surface area (Å²) < 4.78 is 4.78. The number of carboxylic acid groups (broad SMARTS) is 1. The average Bonchev–Trinajstić information content (AvgIpc) is 2.06. The van der Waals surface area contributed by atoms with Gasteiger partial charge in [-0.15, -0.1) is 0 Å². The van der Waals surface area contributed by atoms with Crippen LogP contribution in [0.5, 0.6) is 5.75 Å². The summed E-state index contributed by atoms with van der Waals surface area (Å²) >= 11 is 5.27. The second-order valence-electron chi connectivity index (χ2n) is 2.07. The third-order valence-electron chi connectivity index (χ3n) is 1.17. The highest BCUT2D eigenvalue weighted by Gasteiger charge is 2.05. The molecular formula is C8H6ClO3-. The summed E-state index contributed by atoms with van der Waals surface area (Å²) in [6.07, 6.45) is 0. The lowest BCUT2D eigenvalue weighted by Crippen LogP contribution is -2.35. The van der Waals surface area contributed by atoms with Crippen molar-refractivity contribution >= 4 is 17.6 Å². The molecule has 1 rings (SSSR count). The van der Waals surface area contributed by atoms with Crippen molar-refractivity contribution in [2.75, 3.05) is 0 Å². The van der Waals surface area contributed by atoms with E-state index in [1.165, 1.54) is 0 Å². The van der Waals surface area contributed by atoms with E-state index in [2.05, 4.69) is 0 Å². The SMILES string of the molecule is O=C([O-])C(Cl)Oc1ccccc1. The van der Waals surface area contributed by atoms with Crippen molar-refractivity contribution < 1.29 is 14.6 Å². The van der Waals surface area contributed by atoms with E-state index in [9.17, 15) is 9.90 Å². The van der Waals surface area contributed by atoms with Crippen LogP contribution in [0, 0.1) is 0 Å². The number of carboxylic acids is 1. The van der Waals surface area contributed by atoms with Crippen LogP contribution in [0.4, 0.5) is 0 Å². The van der Waals surface area contributed by atoms with Gasteiger partial charge in [0.05, 0.1) is 5.97 Å². The Balaban J connectivity index is 2.58. The van der Waals surface area contributed by atoms with Crippen LogP contribution in [-0.2, 0) is 4.79 Å². The summed E-state index contributed by atoms with van der Waals surface area (Å²) in [6, 6.07) is 8.44. The third kappa shape index (κ3) is 2.43. The zero-order valence-electron chi connectivity index (χ0n) is 6.07. The van der Waals surface area contributed by atoms with Crippen LogP contribution in [0.3, 0.4) is 0 Å². The summed E-state index contributed by atoms with van der Waals surface area (Å²) in [5.74, 6) is -1.04. The topological polar surface area (TPSA) is 49.4 Å². The van der Waals surface area contributed by atoms with Gasteiger partial charge in [-0.05, 0) is 12.1 Å². The molecule has 0 spiro atoms. The molecule has 64 valence electrons. The van der Waals surface area contributed by atoms with Crippen LogP contribution in [0.2, 0.25) is 0 Å². The van der Waals surface area contributed by atoms with E-state index in [0.717, 1.165) is 0 Å². The molecule has 1 aromatic rings. The Kier molecular flexibility index (Phi) is 2.94. The quantitative estimate of drug-likeness (QED) is 0.640. The van der Waals surface area contributed by atoms with Gasteiger partial charge in [-0.1, -0.05) is 29.8 Å². The van der Waals surface area contributed by atoms with Crippen molar-refractivity contribution in [2.24, 2.45) is 0 Å². The number of para-hydroxylation sites is 1. The largest absolute Gasteiger partial charge is 0.545 e. The molecule has 0 saturated carbocycles. The molecule has 0 radical (unpaired) electrons. The monoisotopic (exact) mass is 185 g/mol. The number of carbonyl (C=O) groups is 1. The van der Waals surface area contributed by atoms with E-state index < -0.39 is 11.5 Å². The molecule has 0 amide bonds. The van der Waals surface area contributed by atoms with Crippen molar-refractivity contribution in [2.45, 2.75) is 5.56 Å². The molecule has 4 heteroatoms. The number of carbonyl (C=O) groups excluding carboxylic acids is 1. The Morgan fingerprint density at radius 1 is 1.42 bits per heavy atom. The van der Waals surface area contributed by atoms with Crippen molar-refractivity contribution in [3.63, 3.8) is 0 Å². The van der Waals surface area contributed by atoms with Gasteiger partial charge in [-0.25, -0.2) is 0 Å². The summed E-state index contributed by atoms with van der Waals surface area (Å²) in [7, 11) is 0. The van der Waals surface area contributed by atoms with Crippen LogP contribution < -0.4 is 9.84 Å². The fourth-order valence-electron chi connectivity index (χ4n) is 0.667. The molecule has 0 N–H and O–H groups in total. The minimum Gasteiger partial charge on any atom is -0.545 e. The number of ether oxygens (including phenoxy) is 1. The van der Waals surface area contributed by atoms with Crippen molar-refractivity contribution in [3.05, 3.63) is 30.3 Å². The first kappa shape index (κ1) is 8.87. The molecule has 0 bridgehead atoms. The number of hydrogen-bond donors (Lipinski definition) is 0. The van der Waals surface area contributed by atoms with Crippen LogP contribution in [0.1, 0.15) is 0 Å². The number of aliphatic carboxylic acids is 1. The fraction of sp³-hybridized carbons (Fsp3) is 0.125. The molecular weight excluding hydrogens is 180 g/mol. The Labute approximate surface area is 74.5 Å². The van der Waals surface area contributed by atoms with Crippen molar-refractivity contribution in [1.29, 1.82) is 0 Å². The van der Waals surface area contributed by atoms with Crippen molar-refractivity contribution in [1.82, 2.24) is 0 Å². The number of rotatable bonds is 3. The van der Waals surface area contributed by atoms with E-state index >= 15 is 0 Å². The molecule has 0 saturated heterocycles. The summed E-state index contributed by atoms with van der Waals surface area (Å²) in [5, 5.41) is 10.1. The predicted octanol–water partition coefficient (Wildman–Crippen LogP) is 0.380. The lowest BCUT2D eigenvalue weighted by Gasteiger charge is -2.12. The van der Waals surface area contributed by atoms with Gasteiger partial charge in [0.2, 0.25) is 5.56 Å². The first-order chi connectivity index (χ1) is 5.70. The van der Waals surface area contributed by atoms with E-state index in [4.69, 9.17) is 16.3 Å². The Bertz CT molecular complexity index is 260. The smallest absolute Gasteiger partial charge is 0.211 e. The normalized spacial score (nSPS) is 12.1. The molecule has 0 aliphatic rings. The molecule has 1 unspecified atom stereocenters. The Morgan fingerprint density at radius 3 is 2.50 bits per heavy atom. The summed E-state index contributed by atoms with van der Waals surface area (Å²) in [4.78, 5) is 10.1. The van der Waals surface area contributed by atoms with E-state index in [-0.39, 0.29) is 0 Å². The zero-order valence-corrected chi connectivity index (χ0v) is 6.82. The van der Waals surface area contributed by atoms with Crippen LogP contribution >= 0.6 is 11.6 Å². The fourth-order valence-corrected chi connectivity index (χ4v) is 0.770. The number of benzene rings is 1. The number of halogens is 1. The van der Waals surface area contributed by atoms with Gasteiger partial charge in [0.25, 0.3) is 0 Å². The molecule has 1 aromatic carbocycles. The van der Waals surface area contributed by atoms with Crippen LogP contribution in [-0.4, -0.2) is 11.5 Å². The van der Waals surface area contributed by atoms with Gasteiger partial charge < -0.3 is 14.6 Å². The number of alkyl halides is 1. The minimum atomic E-state index is -1.44. The highest BCUT2D eigenvalue weighted by atomic mass is 35.5. The highest BCUT2D eigenvalue weighted by Crippen LogP contribution is 2.11. The first-order valence-corrected chi connectivity index (χ1v) is 3.70. The zero-order chi connectivity index (χ0) is 8.97. The highest BCUT2D eigenvalue weighted by molar-refractivity contribution is 6.28. The first-order valence-electron chi connectivity index (χ1n) is 3.27. The maximum Gasteiger partial charge on any atom is 0.211 e. The molecule has 0 fully saturated rings. The van der Waals surface area contributed by atoms with Crippen LogP contribution in [0.25, 0.3) is 0 Å². The average molecular weight is 186 g/mol. The number of hydrogen-bond acceptors (Lipinski definition) is 3. The van der Waals surface area contributed by atoms with Gasteiger partial charge >= 0.3 is 0 Å². The van der Waals surface area contributed by atoms with Gasteiger partial charge in [-0.2, -0.15) is 0 Å². The summed E-state index contributed by atoms with van der Waals surface area (Å²) in [6.45, 7) is 0. The second-order valence-corrected chi connectivity index (χ2v) is 2.46. The van der Waals surface area contributed by atoms with Gasteiger partial charge in [0.15, 0.2) is 0 Å². The van der Waals surface area contributed by atoms with E-state index in [1.54, 1.807) is 30.3 Å². The molecule has 0 aliphatic carbocycles. The third-order valence-corrected chi connectivity index (χ3v) is 1.44. The second kappa shape index (κ2) is 3.97. The Hall–Kier alpha value is -1.22. The molecule has 0 heterocycles. The summed E-state index contributed by atoms with van der Waals surface area (Å²) in [5.41, 5.74) is -1.44. The minimum absolute atomic E-state index is 0.404. The molecule has 3 nitrogen and oxygen atoms in total. The molecule has 0 aliphatic heterocycles. The maximum absolute atomic E-state index is 10.1. The van der Waals surface area contributed by atoms with Gasteiger partial charge in [-0.3, -0.25) is 0 Å².